The van der Waals surface area contributed by atoms with Crippen LogP contribution in [0.5, 0.6) is 0 Å². The number of rotatable bonds is 15. The van der Waals surface area contributed by atoms with Crippen LogP contribution in [0.4, 0.5) is 0 Å². The number of hydrogen-bond donors (Lipinski definition) is 3. The van der Waals surface area contributed by atoms with Crippen LogP contribution < -0.4 is 10.8 Å². The van der Waals surface area contributed by atoms with Crippen molar-refractivity contribution in [3.8, 4) is 0 Å². The third-order valence-electron chi connectivity index (χ3n) is 7.12. The summed E-state index contributed by atoms with van der Waals surface area (Å²) in [6, 6.07) is 18.3. The average Bonchev–Trinajstić information content (AvgIpc) is 2.94. The van der Waals surface area contributed by atoms with Gasteiger partial charge in [0.2, 0.25) is 11.8 Å². The van der Waals surface area contributed by atoms with Crippen molar-refractivity contribution in [1.29, 1.82) is 0 Å². The van der Waals surface area contributed by atoms with E-state index in [9.17, 15) is 14.4 Å². The number of Topliss-reactive ketones (excluding diaryl/α,β-unsaturated/α-hetero) is 1. The van der Waals surface area contributed by atoms with E-state index in [0.717, 1.165) is 37.7 Å². The first-order valence-corrected chi connectivity index (χ1v) is 13.5. The normalized spacial score (nSPS) is 15.5. The maximum Gasteiger partial charge on any atom is 0.244 e. The third kappa shape index (κ3) is 10.1. The Balaban J connectivity index is 1.57. The fraction of sp³-hybridized carbons (Fsp3) is 0.500. The predicted molar refractivity (Wildman–Crippen MR) is 142 cm³/mol. The highest BCUT2D eigenvalue weighted by atomic mass is 16.5. The lowest BCUT2D eigenvalue weighted by Crippen LogP contribution is -2.45. The first kappa shape index (κ1) is 28.5. The molecule has 0 heterocycles. The Labute approximate surface area is 219 Å². The van der Waals surface area contributed by atoms with Crippen molar-refractivity contribution in [3.63, 3.8) is 0 Å². The molecule has 2 atom stereocenters. The van der Waals surface area contributed by atoms with Crippen molar-refractivity contribution in [3.05, 3.63) is 71.8 Å². The molecule has 1 aliphatic carbocycles. The highest BCUT2D eigenvalue weighted by molar-refractivity contribution is 6.02. The smallest absolute Gasteiger partial charge is 0.244 e. The average molecular weight is 509 g/mol. The highest BCUT2D eigenvalue weighted by Crippen LogP contribution is 2.28. The van der Waals surface area contributed by atoms with Crippen LogP contribution in [0.15, 0.2) is 60.7 Å². The van der Waals surface area contributed by atoms with Gasteiger partial charge in [0, 0.05) is 24.5 Å². The molecule has 2 unspecified atom stereocenters. The zero-order chi connectivity index (χ0) is 26.3. The summed E-state index contributed by atoms with van der Waals surface area (Å²) in [4.78, 5) is 38.6. The second-order valence-electron chi connectivity index (χ2n) is 10.0. The van der Waals surface area contributed by atoms with E-state index in [1.54, 1.807) is 17.6 Å². The second-order valence-corrected chi connectivity index (χ2v) is 10.0. The van der Waals surface area contributed by atoms with Crippen LogP contribution in [0.2, 0.25) is 0 Å². The zero-order valence-electron chi connectivity index (χ0n) is 21.6. The molecule has 0 radical (unpaired) electrons. The fourth-order valence-electron chi connectivity index (χ4n) is 5.04. The van der Waals surface area contributed by atoms with E-state index < -0.39 is 17.9 Å². The number of benzene rings is 2. The molecule has 7 nitrogen and oxygen atoms in total. The largest absolute Gasteiger partial charge is 0.377 e. The molecule has 2 amide bonds. The molecule has 0 aromatic heterocycles. The first-order valence-electron chi connectivity index (χ1n) is 13.5. The Morgan fingerprint density at radius 2 is 1.59 bits per heavy atom. The molecule has 1 saturated carbocycles. The van der Waals surface area contributed by atoms with Gasteiger partial charge in [-0.05, 0) is 30.7 Å². The monoisotopic (exact) mass is 508 g/mol. The summed E-state index contributed by atoms with van der Waals surface area (Å²) in [6.07, 6.45) is 8.00. The Morgan fingerprint density at radius 3 is 2.27 bits per heavy atom. The van der Waals surface area contributed by atoms with Gasteiger partial charge in [-0.15, -0.1) is 0 Å². The molecule has 37 heavy (non-hydrogen) atoms. The van der Waals surface area contributed by atoms with Gasteiger partial charge in [-0.3, -0.25) is 19.6 Å². The van der Waals surface area contributed by atoms with E-state index in [1.807, 2.05) is 48.5 Å². The molecule has 7 heteroatoms. The van der Waals surface area contributed by atoms with Crippen molar-refractivity contribution in [2.75, 3.05) is 6.61 Å². The molecule has 2 aromatic rings. The predicted octanol–water partition coefficient (Wildman–Crippen LogP) is 5.22. The maximum atomic E-state index is 13.4. The molecule has 3 rings (SSSR count). The lowest BCUT2D eigenvalue weighted by molar-refractivity contribution is -0.135. The second kappa shape index (κ2) is 15.9. The van der Waals surface area contributed by atoms with Crippen LogP contribution in [0, 0.1) is 11.8 Å². The molecule has 1 aliphatic rings. The standard InChI is InChI=1S/C30H40N2O5/c33-28(32-36)21-26(18-10-11-19-37-22-24-14-6-2-7-15-24)30(35)31-27(20-23-12-4-1-5-13-23)29(34)25-16-8-3-9-17-25/h2-3,6-9,14-17,23,26-27,36H,1,4-5,10-13,18-22H2,(H,31,35)(H,32,33). The molecule has 0 spiro atoms. The molecule has 200 valence electrons. The number of hydroxylamine groups is 1. The summed E-state index contributed by atoms with van der Waals surface area (Å²) in [5.41, 5.74) is 3.31. The van der Waals surface area contributed by atoms with Gasteiger partial charge in [-0.2, -0.15) is 0 Å². The highest BCUT2D eigenvalue weighted by Gasteiger charge is 2.30. The fourth-order valence-corrected chi connectivity index (χ4v) is 5.04. The number of carbonyl (C=O) groups is 3. The SMILES string of the molecule is O=C(CC(CCCCOCc1ccccc1)C(=O)NC(CC1CCCCC1)C(=O)c1ccccc1)NO. The number of ketones is 1. The summed E-state index contributed by atoms with van der Waals surface area (Å²) < 4.78 is 5.73. The van der Waals surface area contributed by atoms with E-state index in [2.05, 4.69) is 5.32 Å². The Morgan fingerprint density at radius 1 is 0.919 bits per heavy atom. The van der Waals surface area contributed by atoms with Crippen molar-refractivity contribution in [2.24, 2.45) is 11.8 Å². The van der Waals surface area contributed by atoms with Gasteiger partial charge >= 0.3 is 0 Å². The minimum atomic E-state index is -0.640. The van der Waals surface area contributed by atoms with Crippen molar-refractivity contribution in [1.82, 2.24) is 10.8 Å². The molecule has 0 bridgehead atoms. The van der Waals surface area contributed by atoms with Gasteiger partial charge in [0.15, 0.2) is 5.78 Å². The molecule has 2 aromatic carbocycles. The topological polar surface area (TPSA) is 105 Å². The van der Waals surface area contributed by atoms with E-state index in [-0.39, 0.29) is 18.1 Å². The van der Waals surface area contributed by atoms with Crippen molar-refractivity contribution < 1.29 is 24.3 Å². The van der Waals surface area contributed by atoms with Crippen molar-refractivity contribution >= 4 is 17.6 Å². The van der Waals surface area contributed by atoms with Gasteiger partial charge in [0.05, 0.1) is 12.6 Å². The van der Waals surface area contributed by atoms with Crippen LogP contribution in [0.1, 0.15) is 80.1 Å². The summed E-state index contributed by atoms with van der Waals surface area (Å²) in [5, 5.41) is 12.0. The number of unbranched alkanes of at least 4 members (excludes halogenated alkanes) is 1. The van der Waals surface area contributed by atoms with Crippen LogP contribution in [-0.2, 0) is 20.9 Å². The van der Waals surface area contributed by atoms with Crippen molar-refractivity contribution in [2.45, 2.75) is 76.9 Å². The minimum absolute atomic E-state index is 0.0980. The van der Waals surface area contributed by atoms with Crippen LogP contribution in [0.25, 0.3) is 0 Å². The molecule has 1 fully saturated rings. The molecular weight excluding hydrogens is 468 g/mol. The number of amides is 2. The molecule has 3 N–H and O–H groups in total. The Kier molecular flexibility index (Phi) is 12.3. The summed E-state index contributed by atoms with van der Waals surface area (Å²) in [5.74, 6) is -1.27. The van der Waals surface area contributed by atoms with Gasteiger partial charge in [0.1, 0.15) is 0 Å². The van der Waals surface area contributed by atoms with Gasteiger partial charge in [-0.1, -0.05) is 99.2 Å². The summed E-state index contributed by atoms with van der Waals surface area (Å²) in [7, 11) is 0. The van der Waals surface area contributed by atoms with Gasteiger partial charge in [0.25, 0.3) is 0 Å². The van der Waals surface area contributed by atoms with Crippen LogP contribution in [-0.4, -0.2) is 35.5 Å². The number of nitrogens with one attached hydrogen (secondary N) is 2. The number of ether oxygens (including phenoxy) is 1. The molecule has 0 aliphatic heterocycles. The first-order chi connectivity index (χ1) is 18.1. The van der Waals surface area contributed by atoms with Gasteiger partial charge < -0.3 is 10.1 Å². The summed E-state index contributed by atoms with van der Waals surface area (Å²) >= 11 is 0. The maximum absolute atomic E-state index is 13.4. The van der Waals surface area contributed by atoms with Gasteiger partial charge in [-0.25, -0.2) is 5.48 Å². The lowest BCUT2D eigenvalue weighted by atomic mass is 9.83. The number of hydrogen-bond acceptors (Lipinski definition) is 5. The van der Waals surface area contributed by atoms with Crippen LogP contribution >= 0.6 is 0 Å². The van der Waals surface area contributed by atoms with E-state index in [1.165, 1.54) is 6.42 Å². The third-order valence-corrected chi connectivity index (χ3v) is 7.12. The summed E-state index contributed by atoms with van der Waals surface area (Å²) in [6.45, 7) is 1.08. The minimum Gasteiger partial charge on any atom is -0.377 e. The zero-order valence-corrected chi connectivity index (χ0v) is 21.6. The number of carbonyl (C=O) groups excluding carboxylic acids is 3. The Hall–Kier alpha value is -3.03. The molecular formula is C30H40N2O5. The van der Waals surface area contributed by atoms with E-state index >= 15 is 0 Å². The quantitative estimate of drug-likeness (QED) is 0.132. The van der Waals surface area contributed by atoms with E-state index in [4.69, 9.17) is 9.94 Å². The molecule has 0 saturated heterocycles. The van der Waals surface area contributed by atoms with E-state index in [0.29, 0.717) is 44.0 Å². The lowest BCUT2D eigenvalue weighted by Gasteiger charge is -2.28. The Bertz CT molecular complexity index is 960. The van der Waals surface area contributed by atoms with Crippen LogP contribution in [0.3, 0.4) is 0 Å².